The summed E-state index contributed by atoms with van der Waals surface area (Å²) in [7, 11) is -3.85. The Bertz CT molecular complexity index is 1440. The molecule has 0 aromatic heterocycles. The van der Waals surface area contributed by atoms with Gasteiger partial charge < -0.3 is 14.7 Å². The standard InChI is InChI=1S/C31H37ClN2O5S/c1-20-4-2-6-28(35)25-10-7-23(25)16-34-18-31(13-3-5-21-14-24(32)9-11-26(21)31)19-39-29-12-8-22(15-27(29)34)30(36)33-40(37,38)17-20/h2,4,8-9,11-12,14-15,20,23,25,28,35H,3,5-7,10,13,16-19H2,1H3,(H,33,36)/b4-2+/t20-,23-,25+,28-,31-/m0/s1. The number of halogens is 1. The molecule has 1 amide bonds. The molecule has 5 atom stereocenters. The molecule has 1 spiro atoms. The van der Waals surface area contributed by atoms with E-state index in [-0.39, 0.29) is 28.6 Å². The van der Waals surface area contributed by atoms with Crippen molar-refractivity contribution in [3.05, 3.63) is 70.3 Å². The van der Waals surface area contributed by atoms with Gasteiger partial charge in [0.2, 0.25) is 10.0 Å². The van der Waals surface area contributed by atoms with Crippen molar-refractivity contribution in [3.63, 3.8) is 0 Å². The van der Waals surface area contributed by atoms with E-state index in [1.165, 1.54) is 11.1 Å². The van der Waals surface area contributed by atoms with Crippen LogP contribution in [0.1, 0.15) is 60.5 Å². The van der Waals surface area contributed by atoms with Crippen LogP contribution in [0.25, 0.3) is 0 Å². The monoisotopic (exact) mass is 584 g/mol. The molecular weight excluding hydrogens is 548 g/mol. The van der Waals surface area contributed by atoms with Crippen LogP contribution in [0.3, 0.4) is 0 Å². The number of nitrogens with zero attached hydrogens (tertiary/aromatic N) is 1. The summed E-state index contributed by atoms with van der Waals surface area (Å²) in [5.41, 5.74) is 3.34. The van der Waals surface area contributed by atoms with E-state index in [4.69, 9.17) is 16.3 Å². The lowest BCUT2D eigenvalue weighted by Crippen LogP contribution is -2.49. The second-order valence-corrected chi connectivity index (χ2v) is 14.4. The van der Waals surface area contributed by atoms with Crippen molar-refractivity contribution in [3.8, 4) is 5.75 Å². The Kier molecular flexibility index (Phi) is 7.38. The maximum atomic E-state index is 13.2. The summed E-state index contributed by atoms with van der Waals surface area (Å²) < 4.78 is 34.3. The maximum absolute atomic E-state index is 13.2. The van der Waals surface area contributed by atoms with Crippen LogP contribution in [-0.2, 0) is 21.9 Å². The van der Waals surface area contributed by atoms with Crippen LogP contribution >= 0.6 is 11.6 Å². The minimum absolute atomic E-state index is 0.170. The third-order valence-corrected chi connectivity index (χ3v) is 11.0. The highest BCUT2D eigenvalue weighted by Crippen LogP contribution is 2.46. The van der Waals surface area contributed by atoms with Crippen LogP contribution in [0, 0.1) is 17.8 Å². The highest BCUT2D eigenvalue weighted by atomic mass is 35.5. The molecule has 2 bridgehead atoms. The van der Waals surface area contributed by atoms with E-state index in [1.54, 1.807) is 25.1 Å². The van der Waals surface area contributed by atoms with Crippen LogP contribution in [-0.4, -0.2) is 51.0 Å². The molecule has 2 aromatic rings. The summed E-state index contributed by atoms with van der Waals surface area (Å²) >= 11 is 6.37. The first-order chi connectivity index (χ1) is 19.1. The van der Waals surface area contributed by atoms with Crippen molar-refractivity contribution in [2.24, 2.45) is 17.8 Å². The Morgan fingerprint density at radius 2 is 2.02 bits per heavy atom. The molecule has 214 valence electrons. The van der Waals surface area contributed by atoms with Crippen LogP contribution in [0.2, 0.25) is 5.02 Å². The molecule has 9 heteroatoms. The largest absolute Gasteiger partial charge is 0.490 e. The molecule has 40 heavy (non-hydrogen) atoms. The molecule has 7 nitrogen and oxygen atoms in total. The maximum Gasteiger partial charge on any atom is 0.264 e. The van der Waals surface area contributed by atoms with Gasteiger partial charge in [-0.2, -0.15) is 0 Å². The molecule has 2 aromatic carbocycles. The van der Waals surface area contributed by atoms with Crippen molar-refractivity contribution in [2.45, 2.75) is 57.0 Å². The van der Waals surface area contributed by atoms with Crippen molar-refractivity contribution in [1.29, 1.82) is 0 Å². The van der Waals surface area contributed by atoms with E-state index >= 15 is 0 Å². The molecule has 0 saturated heterocycles. The van der Waals surface area contributed by atoms with E-state index in [1.807, 2.05) is 18.2 Å². The number of carbonyl (C=O) groups excluding carboxylic acids is 1. The topological polar surface area (TPSA) is 95.9 Å². The Balaban J connectivity index is 1.41. The average molecular weight is 585 g/mol. The number of aliphatic hydroxyl groups excluding tert-OH is 1. The van der Waals surface area contributed by atoms with Gasteiger partial charge in [0.05, 0.1) is 24.2 Å². The first-order valence-electron chi connectivity index (χ1n) is 14.3. The first kappa shape index (κ1) is 27.6. The second-order valence-electron chi connectivity index (χ2n) is 12.2. The van der Waals surface area contributed by atoms with Gasteiger partial charge in [-0.3, -0.25) is 4.79 Å². The van der Waals surface area contributed by atoms with Crippen molar-refractivity contribution in [2.75, 3.05) is 30.3 Å². The Labute approximate surface area is 241 Å². The summed E-state index contributed by atoms with van der Waals surface area (Å²) in [5, 5.41) is 11.8. The first-order valence-corrected chi connectivity index (χ1v) is 16.4. The molecule has 0 radical (unpaired) electrons. The summed E-state index contributed by atoms with van der Waals surface area (Å²) in [6, 6.07) is 11.4. The van der Waals surface area contributed by atoms with Crippen LogP contribution in [0.4, 0.5) is 5.69 Å². The van der Waals surface area contributed by atoms with E-state index in [0.29, 0.717) is 31.2 Å². The number of sulfonamides is 1. The fraction of sp³-hybridized carbons (Fsp3) is 0.516. The van der Waals surface area contributed by atoms with Gasteiger partial charge >= 0.3 is 0 Å². The van der Waals surface area contributed by atoms with E-state index < -0.39 is 22.0 Å². The van der Waals surface area contributed by atoms with Crippen molar-refractivity contribution < 1.29 is 23.1 Å². The Morgan fingerprint density at radius 1 is 1.18 bits per heavy atom. The van der Waals surface area contributed by atoms with E-state index in [9.17, 15) is 18.3 Å². The Morgan fingerprint density at radius 3 is 2.83 bits per heavy atom. The Hall–Kier alpha value is -2.55. The van der Waals surface area contributed by atoms with Gasteiger partial charge in [-0.15, -0.1) is 0 Å². The number of nitrogens with one attached hydrogen (secondary N) is 1. The van der Waals surface area contributed by atoms with Gasteiger partial charge in [-0.1, -0.05) is 36.7 Å². The second kappa shape index (κ2) is 10.7. The molecule has 4 aliphatic rings. The normalized spacial score (nSPS) is 32.5. The molecule has 1 fully saturated rings. The number of anilines is 1. The third-order valence-electron chi connectivity index (χ3n) is 9.30. The summed E-state index contributed by atoms with van der Waals surface area (Å²) in [6.45, 7) is 3.73. The molecule has 1 saturated carbocycles. The molecule has 2 aliphatic carbocycles. The number of aliphatic hydroxyl groups is 1. The number of benzene rings is 2. The summed E-state index contributed by atoms with van der Waals surface area (Å²) in [5.74, 6) is 0.0322. The number of carbonyl (C=O) groups is 1. The molecular formula is C31H37ClN2O5S. The van der Waals surface area contributed by atoms with Gasteiger partial charge in [-0.05, 0) is 97.7 Å². The number of fused-ring (bicyclic) bond motifs is 4. The highest BCUT2D eigenvalue weighted by molar-refractivity contribution is 7.90. The lowest BCUT2D eigenvalue weighted by Gasteiger charge is -2.45. The van der Waals surface area contributed by atoms with E-state index in [0.717, 1.165) is 49.4 Å². The van der Waals surface area contributed by atoms with Gasteiger partial charge in [0.1, 0.15) is 5.75 Å². The zero-order valence-electron chi connectivity index (χ0n) is 22.8. The van der Waals surface area contributed by atoms with Gasteiger partial charge in [0, 0.05) is 29.1 Å². The number of aryl methyl sites for hydroxylation is 1. The minimum atomic E-state index is -3.85. The molecule has 2 heterocycles. The number of rotatable bonds is 0. The fourth-order valence-corrected chi connectivity index (χ4v) is 8.62. The molecule has 2 N–H and O–H groups in total. The number of allylic oxidation sites excluding steroid dienone is 1. The zero-order chi connectivity index (χ0) is 28.1. The van der Waals surface area contributed by atoms with Gasteiger partial charge in [-0.25, -0.2) is 13.1 Å². The zero-order valence-corrected chi connectivity index (χ0v) is 24.4. The number of hydrogen-bond acceptors (Lipinski definition) is 6. The lowest BCUT2D eigenvalue weighted by atomic mass is 9.68. The lowest BCUT2D eigenvalue weighted by molar-refractivity contribution is 0.0177. The predicted octanol–water partition coefficient (Wildman–Crippen LogP) is 4.86. The molecule has 6 rings (SSSR count). The SMILES string of the molecule is C[C@H]1/C=C/C[C@H](O)[C@@H]2CC[C@H]2CN2C[C@@]3(CCCc4cc(Cl)ccc43)COc3ccc(cc32)C(=O)NS(=O)(=O)C1. The molecule has 0 unspecified atom stereocenters. The average Bonchev–Trinajstić information content (AvgIpc) is 3.02. The third kappa shape index (κ3) is 5.38. The quantitative estimate of drug-likeness (QED) is 0.430. The highest BCUT2D eigenvalue weighted by Gasteiger charge is 2.44. The minimum Gasteiger partial charge on any atom is -0.490 e. The van der Waals surface area contributed by atoms with Crippen LogP contribution < -0.4 is 14.4 Å². The number of amides is 1. The van der Waals surface area contributed by atoms with E-state index in [2.05, 4.69) is 21.8 Å². The van der Waals surface area contributed by atoms with Crippen LogP contribution in [0.5, 0.6) is 5.75 Å². The molecule has 2 aliphatic heterocycles. The summed E-state index contributed by atoms with van der Waals surface area (Å²) in [4.78, 5) is 15.5. The number of ether oxygens (including phenoxy) is 1. The van der Waals surface area contributed by atoms with Crippen molar-refractivity contribution in [1.82, 2.24) is 4.72 Å². The number of hydrogen-bond donors (Lipinski definition) is 2. The fourth-order valence-electron chi connectivity index (χ4n) is 7.13. The van der Waals surface area contributed by atoms with Crippen LogP contribution in [0.15, 0.2) is 48.6 Å². The van der Waals surface area contributed by atoms with Gasteiger partial charge in [0.25, 0.3) is 5.91 Å². The summed E-state index contributed by atoms with van der Waals surface area (Å²) in [6.07, 6.45) is 8.69. The van der Waals surface area contributed by atoms with Gasteiger partial charge in [0.15, 0.2) is 0 Å². The smallest absolute Gasteiger partial charge is 0.264 e. The predicted molar refractivity (Wildman–Crippen MR) is 157 cm³/mol. The van der Waals surface area contributed by atoms with Crippen molar-refractivity contribution >= 4 is 33.2 Å².